The Balaban J connectivity index is 1.46. The molecule has 39 heavy (non-hydrogen) atoms. The van der Waals surface area contributed by atoms with Gasteiger partial charge >= 0.3 is 0 Å². The van der Waals surface area contributed by atoms with Gasteiger partial charge in [-0.1, -0.05) is 66.2 Å². The third kappa shape index (κ3) is 6.47. The fourth-order valence-electron chi connectivity index (χ4n) is 4.22. The van der Waals surface area contributed by atoms with Gasteiger partial charge in [-0.15, -0.1) is 11.3 Å². The first-order valence-electron chi connectivity index (χ1n) is 12.4. The van der Waals surface area contributed by atoms with Crippen molar-refractivity contribution >= 4 is 32.9 Å². The molecule has 1 N–H and O–H groups in total. The lowest BCUT2D eigenvalue weighted by atomic mass is 10.1. The van der Waals surface area contributed by atoms with Crippen LogP contribution in [-0.2, 0) is 21.1 Å². The number of hydrogen-bond donors (Lipinski definition) is 1. The van der Waals surface area contributed by atoms with Crippen molar-refractivity contribution in [2.24, 2.45) is 0 Å². The molecule has 3 aromatic carbocycles. The van der Waals surface area contributed by atoms with Gasteiger partial charge in [-0.05, 0) is 54.8 Å². The number of aromatic nitrogens is 2. The quantitative estimate of drug-likeness (QED) is 0.228. The van der Waals surface area contributed by atoms with Crippen LogP contribution in [0.5, 0.6) is 0 Å². The number of nitrogens with zero attached hydrogens (tertiary/aromatic N) is 2. The molecule has 8 heteroatoms. The topological polar surface area (TPSA) is 89.0 Å². The minimum Gasteiger partial charge on any atom is -0.311 e. The zero-order chi connectivity index (χ0) is 27.4. The summed E-state index contributed by atoms with van der Waals surface area (Å²) in [6, 6.07) is 28.6. The first kappa shape index (κ1) is 26.5. The molecule has 0 unspecified atom stereocenters. The van der Waals surface area contributed by atoms with Gasteiger partial charge in [0.15, 0.2) is 9.84 Å². The Kier molecular flexibility index (Phi) is 7.67. The Morgan fingerprint density at radius 1 is 0.872 bits per heavy atom. The Morgan fingerprint density at radius 2 is 1.64 bits per heavy atom. The smallest absolute Gasteiger partial charge is 0.225 e. The number of pyridine rings is 1. The molecule has 0 saturated carbocycles. The molecule has 0 bridgehead atoms. The van der Waals surface area contributed by atoms with E-state index in [1.54, 1.807) is 30.5 Å². The highest BCUT2D eigenvalue weighted by atomic mass is 32.2. The molecule has 5 rings (SSSR count). The van der Waals surface area contributed by atoms with E-state index in [4.69, 9.17) is 4.98 Å². The molecule has 0 fully saturated rings. The van der Waals surface area contributed by atoms with Crippen molar-refractivity contribution in [2.45, 2.75) is 24.7 Å². The van der Waals surface area contributed by atoms with Gasteiger partial charge in [0.25, 0.3) is 0 Å². The maximum atomic E-state index is 12.6. The molecule has 0 saturated heterocycles. The fourth-order valence-corrected chi connectivity index (χ4v) is 5.94. The third-order valence-corrected chi connectivity index (χ3v) is 8.50. The second-order valence-corrected chi connectivity index (χ2v) is 12.3. The second kappa shape index (κ2) is 11.3. The van der Waals surface area contributed by atoms with E-state index in [0.29, 0.717) is 18.7 Å². The zero-order valence-corrected chi connectivity index (χ0v) is 23.2. The number of rotatable bonds is 8. The molecule has 196 valence electrons. The van der Waals surface area contributed by atoms with E-state index < -0.39 is 9.84 Å². The van der Waals surface area contributed by atoms with Gasteiger partial charge in [0, 0.05) is 30.0 Å². The predicted molar refractivity (Wildman–Crippen MR) is 157 cm³/mol. The van der Waals surface area contributed by atoms with Gasteiger partial charge in [-0.3, -0.25) is 4.79 Å². The van der Waals surface area contributed by atoms with Gasteiger partial charge in [0.2, 0.25) is 5.91 Å². The lowest BCUT2D eigenvalue weighted by molar-refractivity contribution is -0.116. The van der Waals surface area contributed by atoms with E-state index >= 15 is 0 Å². The number of benzene rings is 3. The number of amides is 1. The molecular weight excluding hydrogens is 526 g/mol. The average molecular weight is 554 g/mol. The van der Waals surface area contributed by atoms with E-state index in [2.05, 4.69) is 16.4 Å². The summed E-state index contributed by atoms with van der Waals surface area (Å²) < 4.78 is 23.8. The summed E-state index contributed by atoms with van der Waals surface area (Å²) in [4.78, 5) is 23.2. The maximum absolute atomic E-state index is 12.6. The molecule has 0 aliphatic carbocycles. The van der Waals surface area contributed by atoms with Crippen LogP contribution in [-0.4, -0.2) is 30.5 Å². The number of carbonyl (C=O) groups excluding carboxylic acids is 1. The average Bonchev–Trinajstić information content (AvgIpc) is 3.38. The molecule has 2 aromatic heterocycles. The molecular formula is C31H27N3O3S2. The summed E-state index contributed by atoms with van der Waals surface area (Å²) in [5.41, 5.74) is 5.74. The normalized spacial score (nSPS) is 11.3. The molecule has 6 nitrogen and oxygen atoms in total. The zero-order valence-electron chi connectivity index (χ0n) is 21.6. The maximum Gasteiger partial charge on any atom is 0.225 e. The van der Waals surface area contributed by atoms with E-state index in [-0.39, 0.29) is 10.8 Å². The Bertz CT molecular complexity index is 1730. The Hall–Kier alpha value is -4.14. The molecule has 5 aromatic rings. The summed E-state index contributed by atoms with van der Waals surface area (Å²) >= 11 is 1.51. The van der Waals surface area contributed by atoms with E-state index in [9.17, 15) is 13.2 Å². The van der Waals surface area contributed by atoms with Crippen molar-refractivity contribution in [1.29, 1.82) is 0 Å². The molecule has 0 radical (unpaired) electrons. The highest BCUT2D eigenvalue weighted by molar-refractivity contribution is 7.90. The van der Waals surface area contributed by atoms with Crippen molar-refractivity contribution in [2.75, 3.05) is 11.6 Å². The number of carbonyl (C=O) groups is 1. The number of hydrogen-bond acceptors (Lipinski definition) is 6. The molecule has 0 spiro atoms. The summed E-state index contributed by atoms with van der Waals surface area (Å²) in [5, 5.41) is 3.70. The second-order valence-electron chi connectivity index (χ2n) is 9.33. The van der Waals surface area contributed by atoms with Crippen molar-refractivity contribution in [1.82, 2.24) is 9.97 Å². The van der Waals surface area contributed by atoms with Crippen LogP contribution in [0.2, 0.25) is 0 Å². The van der Waals surface area contributed by atoms with Gasteiger partial charge < -0.3 is 5.32 Å². The SMILES string of the molecule is Cc1cccc(-c2nc(-c3ccc(S(C)(=O)=O)cc3)sc2-c2ccnc(NC(=O)CCc3ccccc3)c2)c1. The first-order valence-corrected chi connectivity index (χ1v) is 15.2. The fraction of sp³-hybridized carbons (Fsp3) is 0.129. The van der Waals surface area contributed by atoms with Gasteiger partial charge in [0.1, 0.15) is 10.8 Å². The van der Waals surface area contributed by atoms with Gasteiger partial charge in [-0.2, -0.15) is 0 Å². The van der Waals surface area contributed by atoms with Crippen LogP contribution >= 0.6 is 11.3 Å². The lowest BCUT2D eigenvalue weighted by Gasteiger charge is -2.08. The molecule has 2 heterocycles. The molecule has 0 aliphatic heterocycles. The van der Waals surface area contributed by atoms with Crippen molar-refractivity contribution in [3.63, 3.8) is 0 Å². The number of anilines is 1. The number of sulfone groups is 1. The van der Waals surface area contributed by atoms with Crippen LogP contribution in [0.3, 0.4) is 0 Å². The summed E-state index contributed by atoms with van der Waals surface area (Å²) in [7, 11) is -3.29. The minimum absolute atomic E-state index is 0.0987. The number of nitrogens with one attached hydrogen (secondary N) is 1. The van der Waals surface area contributed by atoms with Crippen LogP contribution in [0.4, 0.5) is 5.82 Å². The standard InChI is InChI=1S/C31H27N3O3S2/c1-21-7-6-10-24(19-21)29-30(38-31(34-29)23-12-14-26(15-13-23)39(2,36)37)25-17-18-32-27(20-25)33-28(35)16-11-22-8-4-3-5-9-22/h3-10,12-15,17-20H,11,16H2,1-2H3,(H,32,33,35). The van der Waals surface area contributed by atoms with Gasteiger partial charge in [0.05, 0.1) is 15.5 Å². The van der Waals surface area contributed by atoms with Crippen LogP contribution < -0.4 is 5.32 Å². The molecule has 0 atom stereocenters. The lowest BCUT2D eigenvalue weighted by Crippen LogP contribution is -2.13. The third-order valence-electron chi connectivity index (χ3n) is 6.22. The van der Waals surface area contributed by atoms with E-state index in [1.807, 2.05) is 67.6 Å². The monoisotopic (exact) mass is 553 g/mol. The number of aryl methyl sites for hydroxylation is 2. The summed E-state index contributed by atoms with van der Waals surface area (Å²) in [6.45, 7) is 2.04. The highest BCUT2D eigenvalue weighted by Crippen LogP contribution is 2.41. The van der Waals surface area contributed by atoms with Crippen molar-refractivity contribution in [3.8, 4) is 32.3 Å². The van der Waals surface area contributed by atoms with E-state index in [0.717, 1.165) is 43.4 Å². The Morgan fingerprint density at radius 3 is 2.36 bits per heavy atom. The van der Waals surface area contributed by atoms with Crippen LogP contribution in [0.25, 0.3) is 32.3 Å². The Labute approximate surface area is 232 Å². The largest absolute Gasteiger partial charge is 0.311 e. The minimum atomic E-state index is -3.29. The molecule has 0 aliphatic rings. The summed E-state index contributed by atoms with van der Waals surface area (Å²) in [5.74, 6) is 0.381. The van der Waals surface area contributed by atoms with Crippen LogP contribution in [0.1, 0.15) is 17.5 Å². The molecule has 1 amide bonds. The van der Waals surface area contributed by atoms with Gasteiger partial charge in [-0.25, -0.2) is 18.4 Å². The van der Waals surface area contributed by atoms with E-state index in [1.165, 1.54) is 17.6 Å². The van der Waals surface area contributed by atoms with Crippen LogP contribution in [0, 0.1) is 6.92 Å². The van der Waals surface area contributed by atoms with Crippen LogP contribution in [0.15, 0.2) is 102 Å². The predicted octanol–water partition coefficient (Wildman–Crippen LogP) is 6.82. The number of thiazole rings is 1. The summed E-state index contributed by atoms with van der Waals surface area (Å²) in [6.07, 6.45) is 3.89. The first-order chi connectivity index (χ1) is 18.8. The highest BCUT2D eigenvalue weighted by Gasteiger charge is 2.18. The van der Waals surface area contributed by atoms with Crippen molar-refractivity contribution in [3.05, 3.63) is 108 Å². The van der Waals surface area contributed by atoms with Crippen molar-refractivity contribution < 1.29 is 13.2 Å².